The van der Waals surface area contributed by atoms with Crippen LogP contribution in [0.4, 0.5) is 5.69 Å². The number of hydrogen-bond acceptors (Lipinski definition) is 4. The fourth-order valence-electron chi connectivity index (χ4n) is 1.66. The van der Waals surface area contributed by atoms with Crippen molar-refractivity contribution in [3.05, 3.63) is 39.9 Å². The van der Waals surface area contributed by atoms with Crippen molar-refractivity contribution in [2.24, 2.45) is 0 Å². The molecule has 0 bridgehead atoms. The van der Waals surface area contributed by atoms with E-state index in [0.717, 1.165) is 25.3 Å². The lowest BCUT2D eigenvalue weighted by Gasteiger charge is -2.26. The summed E-state index contributed by atoms with van der Waals surface area (Å²) in [7, 11) is 0. The molecule has 0 amide bonds. The molecule has 0 unspecified atom stereocenters. The summed E-state index contributed by atoms with van der Waals surface area (Å²) in [4.78, 5) is 10.4. The number of nitro benzene ring substituents is 1. The molecule has 0 atom stereocenters. The number of ether oxygens (including phenoxy) is 1. The van der Waals surface area contributed by atoms with Crippen LogP contribution in [-0.2, 0) is 11.2 Å². The molecule has 1 saturated heterocycles. The highest BCUT2D eigenvalue weighted by Crippen LogP contribution is 2.17. The van der Waals surface area contributed by atoms with Gasteiger partial charge in [0.2, 0.25) is 0 Å². The summed E-state index contributed by atoms with van der Waals surface area (Å²) in [6, 6.07) is 7.28. The topological polar surface area (TPSA) is 64.4 Å². The Morgan fingerprint density at radius 3 is 2.81 bits per heavy atom. The molecule has 1 fully saturated rings. The minimum atomic E-state index is -0.332. The van der Waals surface area contributed by atoms with Crippen molar-refractivity contribution in [3.63, 3.8) is 0 Å². The van der Waals surface area contributed by atoms with Crippen LogP contribution >= 0.6 is 0 Å². The summed E-state index contributed by atoms with van der Waals surface area (Å²) >= 11 is 0. The van der Waals surface area contributed by atoms with E-state index in [9.17, 15) is 10.1 Å². The van der Waals surface area contributed by atoms with Crippen molar-refractivity contribution in [1.29, 1.82) is 0 Å². The van der Waals surface area contributed by atoms with E-state index in [2.05, 4.69) is 5.32 Å². The summed E-state index contributed by atoms with van der Waals surface area (Å²) in [6.07, 6.45) is 0.674. The van der Waals surface area contributed by atoms with Crippen LogP contribution in [0, 0.1) is 10.1 Å². The molecule has 0 aliphatic carbocycles. The van der Waals surface area contributed by atoms with E-state index in [1.165, 1.54) is 0 Å². The zero-order valence-electron chi connectivity index (χ0n) is 8.89. The van der Waals surface area contributed by atoms with E-state index >= 15 is 0 Å². The molecule has 2 rings (SSSR count). The molecule has 86 valence electrons. The first-order chi connectivity index (χ1) is 7.77. The predicted octanol–water partition coefficient (Wildman–Crippen LogP) is 1.13. The van der Waals surface area contributed by atoms with Crippen LogP contribution < -0.4 is 5.32 Å². The van der Waals surface area contributed by atoms with Gasteiger partial charge in [0.1, 0.15) is 0 Å². The third kappa shape index (κ3) is 2.56. The van der Waals surface area contributed by atoms with Gasteiger partial charge in [0, 0.05) is 11.6 Å². The third-order valence-corrected chi connectivity index (χ3v) is 2.65. The first kappa shape index (κ1) is 11.0. The summed E-state index contributed by atoms with van der Waals surface area (Å²) < 4.78 is 5.03. The van der Waals surface area contributed by atoms with Crippen molar-refractivity contribution in [1.82, 2.24) is 5.32 Å². The molecule has 16 heavy (non-hydrogen) atoms. The van der Waals surface area contributed by atoms with E-state index in [-0.39, 0.29) is 10.6 Å². The number of benzene rings is 1. The standard InChI is InChI=1S/C11H14N2O3/c14-13(15)11-4-2-1-3-9(11)5-6-12-10-7-16-8-10/h1-4,10,12H,5-8H2. The van der Waals surface area contributed by atoms with Gasteiger partial charge in [-0.15, -0.1) is 0 Å². The van der Waals surface area contributed by atoms with Gasteiger partial charge < -0.3 is 10.1 Å². The largest absolute Gasteiger partial charge is 0.378 e. The summed E-state index contributed by atoms with van der Waals surface area (Å²) in [5.74, 6) is 0. The van der Waals surface area contributed by atoms with E-state index in [1.807, 2.05) is 6.07 Å². The van der Waals surface area contributed by atoms with Gasteiger partial charge in [-0.25, -0.2) is 0 Å². The lowest BCUT2D eigenvalue weighted by Crippen LogP contribution is -2.46. The maximum Gasteiger partial charge on any atom is 0.272 e. The Kier molecular flexibility index (Phi) is 3.48. The normalized spacial score (nSPS) is 15.8. The highest BCUT2D eigenvalue weighted by molar-refractivity contribution is 5.39. The summed E-state index contributed by atoms with van der Waals surface area (Å²) in [6.45, 7) is 2.24. The fraction of sp³-hybridized carbons (Fsp3) is 0.455. The van der Waals surface area contributed by atoms with Crippen molar-refractivity contribution in [2.45, 2.75) is 12.5 Å². The Balaban J connectivity index is 1.89. The first-order valence-electron chi connectivity index (χ1n) is 5.31. The number of rotatable bonds is 5. The average Bonchev–Trinajstić information content (AvgIpc) is 2.22. The molecule has 1 aliphatic rings. The molecule has 5 nitrogen and oxygen atoms in total. The van der Waals surface area contributed by atoms with Crippen LogP contribution in [0.3, 0.4) is 0 Å². The van der Waals surface area contributed by atoms with Crippen LogP contribution in [0.5, 0.6) is 0 Å². The van der Waals surface area contributed by atoms with Crippen molar-refractivity contribution in [3.8, 4) is 0 Å². The number of para-hydroxylation sites is 1. The molecule has 0 saturated carbocycles. The quantitative estimate of drug-likeness (QED) is 0.599. The Hall–Kier alpha value is -1.46. The maximum atomic E-state index is 10.8. The molecular weight excluding hydrogens is 208 g/mol. The minimum Gasteiger partial charge on any atom is -0.378 e. The lowest BCUT2D eigenvalue weighted by atomic mass is 10.1. The molecule has 0 radical (unpaired) electrons. The Morgan fingerprint density at radius 2 is 2.19 bits per heavy atom. The van der Waals surface area contributed by atoms with Gasteiger partial charge in [-0.05, 0) is 13.0 Å². The molecule has 0 aromatic heterocycles. The van der Waals surface area contributed by atoms with Crippen LogP contribution in [-0.4, -0.2) is 30.7 Å². The Bertz CT molecular complexity index is 377. The molecule has 1 heterocycles. The van der Waals surface area contributed by atoms with Gasteiger partial charge in [0.15, 0.2) is 0 Å². The molecule has 1 aromatic rings. The van der Waals surface area contributed by atoms with Crippen LogP contribution in [0.1, 0.15) is 5.56 Å². The highest BCUT2D eigenvalue weighted by Gasteiger charge is 2.17. The Labute approximate surface area is 93.6 Å². The molecule has 1 N–H and O–H groups in total. The molecule has 5 heteroatoms. The molecular formula is C11H14N2O3. The average molecular weight is 222 g/mol. The second kappa shape index (κ2) is 5.05. The maximum absolute atomic E-state index is 10.8. The SMILES string of the molecule is O=[N+]([O-])c1ccccc1CCNC1COC1. The molecule has 1 aromatic carbocycles. The zero-order chi connectivity index (χ0) is 11.4. The van der Waals surface area contributed by atoms with Crippen LogP contribution in [0.2, 0.25) is 0 Å². The van der Waals surface area contributed by atoms with Gasteiger partial charge >= 0.3 is 0 Å². The predicted molar refractivity (Wildman–Crippen MR) is 59.4 cm³/mol. The van der Waals surface area contributed by atoms with Gasteiger partial charge in [-0.3, -0.25) is 10.1 Å². The smallest absolute Gasteiger partial charge is 0.272 e. The van der Waals surface area contributed by atoms with Crippen LogP contribution in [0.25, 0.3) is 0 Å². The number of nitro groups is 1. The van der Waals surface area contributed by atoms with E-state index in [0.29, 0.717) is 12.5 Å². The second-order valence-electron chi connectivity index (χ2n) is 3.82. The zero-order valence-corrected chi connectivity index (χ0v) is 8.89. The van der Waals surface area contributed by atoms with Gasteiger partial charge in [-0.1, -0.05) is 18.2 Å². The third-order valence-electron chi connectivity index (χ3n) is 2.65. The number of nitrogens with zero attached hydrogens (tertiary/aromatic N) is 1. The summed E-state index contributed by atoms with van der Waals surface area (Å²) in [5, 5.41) is 14.0. The first-order valence-corrected chi connectivity index (χ1v) is 5.31. The van der Waals surface area contributed by atoms with Crippen molar-refractivity contribution >= 4 is 5.69 Å². The number of nitrogens with one attached hydrogen (secondary N) is 1. The molecule has 0 spiro atoms. The van der Waals surface area contributed by atoms with E-state index < -0.39 is 0 Å². The van der Waals surface area contributed by atoms with Crippen molar-refractivity contribution < 1.29 is 9.66 Å². The van der Waals surface area contributed by atoms with Gasteiger partial charge in [0.25, 0.3) is 5.69 Å². The lowest BCUT2D eigenvalue weighted by molar-refractivity contribution is -0.385. The van der Waals surface area contributed by atoms with Gasteiger partial charge in [0.05, 0.1) is 24.2 Å². The van der Waals surface area contributed by atoms with Crippen molar-refractivity contribution in [2.75, 3.05) is 19.8 Å². The number of hydrogen-bond donors (Lipinski definition) is 1. The monoisotopic (exact) mass is 222 g/mol. The minimum absolute atomic E-state index is 0.203. The second-order valence-corrected chi connectivity index (χ2v) is 3.82. The van der Waals surface area contributed by atoms with Crippen LogP contribution in [0.15, 0.2) is 24.3 Å². The highest BCUT2D eigenvalue weighted by atomic mass is 16.6. The summed E-state index contributed by atoms with van der Waals surface area (Å²) in [5.41, 5.74) is 0.981. The fourth-order valence-corrected chi connectivity index (χ4v) is 1.66. The molecule has 1 aliphatic heterocycles. The van der Waals surface area contributed by atoms with E-state index in [1.54, 1.807) is 18.2 Å². The van der Waals surface area contributed by atoms with E-state index in [4.69, 9.17) is 4.74 Å². The Morgan fingerprint density at radius 1 is 1.44 bits per heavy atom. The van der Waals surface area contributed by atoms with Gasteiger partial charge in [-0.2, -0.15) is 0 Å².